The smallest absolute Gasteiger partial charge is 0.308 e. The molecule has 0 aromatic rings. The second kappa shape index (κ2) is 7.87. The van der Waals surface area contributed by atoms with E-state index in [9.17, 15) is 14.4 Å². The van der Waals surface area contributed by atoms with Crippen LogP contribution in [0.15, 0.2) is 11.1 Å². The molecule has 1 aliphatic carbocycles. The van der Waals surface area contributed by atoms with Crippen molar-refractivity contribution in [3.8, 4) is 0 Å². The Labute approximate surface area is 114 Å². The molecule has 1 aliphatic rings. The van der Waals surface area contributed by atoms with Crippen LogP contribution in [-0.2, 0) is 19.1 Å². The summed E-state index contributed by atoms with van der Waals surface area (Å²) in [6, 6.07) is 0. The number of aldehydes is 1. The summed E-state index contributed by atoms with van der Waals surface area (Å²) in [5.74, 6) is -0.580. The van der Waals surface area contributed by atoms with Crippen molar-refractivity contribution in [1.82, 2.24) is 0 Å². The Morgan fingerprint density at radius 2 is 2.11 bits per heavy atom. The fourth-order valence-corrected chi connectivity index (χ4v) is 2.46. The fraction of sp³-hybridized carbons (Fsp3) is 0.667. The lowest BCUT2D eigenvalue weighted by Crippen LogP contribution is -2.18. The van der Waals surface area contributed by atoms with Crippen molar-refractivity contribution in [3.63, 3.8) is 0 Å². The minimum Gasteiger partial charge on any atom is -0.469 e. The predicted molar refractivity (Wildman–Crippen MR) is 71.6 cm³/mol. The highest BCUT2D eigenvalue weighted by molar-refractivity contribution is 6.04. The van der Waals surface area contributed by atoms with Crippen molar-refractivity contribution in [2.75, 3.05) is 7.11 Å². The zero-order valence-corrected chi connectivity index (χ0v) is 11.7. The van der Waals surface area contributed by atoms with E-state index in [1.165, 1.54) is 7.11 Å². The third-order valence-electron chi connectivity index (χ3n) is 3.63. The van der Waals surface area contributed by atoms with Gasteiger partial charge < -0.3 is 4.74 Å². The third-order valence-corrected chi connectivity index (χ3v) is 3.63. The number of Topliss-reactive ketones (excluding diaryl/α,β-unsaturated/α-hetero) is 1. The Balaban J connectivity index is 2.73. The molecule has 106 valence electrons. The summed E-state index contributed by atoms with van der Waals surface area (Å²) >= 11 is 0. The lowest BCUT2D eigenvalue weighted by Gasteiger charge is -2.15. The van der Waals surface area contributed by atoms with Crippen molar-refractivity contribution in [1.29, 1.82) is 0 Å². The Morgan fingerprint density at radius 1 is 1.37 bits per heavy atom. The zero-order chi connectivity index (χ0) is 14.3. The molecular formula is C15H22O4. The average Bonchev–Trinajstić information content (AvgIpc) is 2.77. The zero-order valence-electron chi connectivity index (χ0n) is 11.7. The Morgan fingerprint density at radius 3 is 2.68 bits per heavy atom. The summed E-state index contributed by atoms with van der Waals surface area (Å²) < 4.78 is 4.80. The highest BCUT2D eigenvalue weighted by atomic mass is 16.5. The molecule has 1 unspecified atom stereocenters. The minimum atomic E-state index is -0.302. The Kier molecular flexibility index (Phi) is 6.46. The number of unbranched alkanes of at least 4 members (excludes halogenated alkanes) is 2. The highest BCUT2D eigenvalue weighted by Gasteiger charge is 2.28. The van der Waals surface area contributed by atoms with Gasteiger partial charge in [0.15, 0.2) is 5.78 Å². The molecule has 0 bridgehead atoms. The molecule has 0 radical (unpaired) electrons. The van der Waals surface area contributed by atoms with Gasteiger partial charge in [-0.25, -0.2) is 0 Å². The minimum absolute atomic E-state index is 0.00601. The monoisotopic (exact) mass is 266 g/mol. The molecule has 0 heterocycles. The molecule has 1 atom stereocenters. The second-order valence-electron chi connectivity index (χ2n) is 4.96. The van der Waals surface area contributed by atoms with Crippen LogP contribution in [0, 0.1) is 5.92 Å². The van der Waals surface area contributed by atoms with Gasteiger partial charge in [-0.1, -0.05) is 26.2 Å². The van der Waals surface area contributed by atoms with E-state index in [-0.39, 0.29) is 17.7 Å². The third kappa shape index (κ3) is 4.30. The van der Waals surface area contributed by atoms with Gasteiger partial charge in [-0.15, -0.1) is 0 Å². The first-order valence-electron chi connectivity index (χ1n) is 6.92. The number of esters is 1. The van der Waals surface area contributed by atoms with E-state index in [0.717, 1.165) is 25.5 Å². The van der Waals surface area contributed by atoms with Gasteiger partial charge in [0.05, 0.1) is 13.0 Å². The first-order chi connectivity index (χ1) is 9.13. The van der Waals surface area contributed by atoms with Crippen molar-refractivity contribution in [2.24, 2.45) is 5.92 Å². The van der Waals surface area contributed by atoms with Gasteiger partial charge in [-0.05, 0) is 24.8 Å². The van der Waals surface area contributed by atoms with E-state index in [1.54, 1.807) is 0 Å². The first-order valence-corrected chi connectivity index (χ1v) is 6.92. The van der Waals surface area contributed by atoms with Crippen LogP contribution in [0.1, 0.15) is 51.9 Å². The normalized spacial score (nSPS) is 16.6. The van der Waals surface area contributed by atoms with Gasteiger partial charge in [-0.3, -0.25) is 14.4 Å². The Hall–Kier alpha value is -1.45. The second-order valence-corrected chi connectivity index (χ2v) is 4.96. The molecule has 0 amide bonds. The average molecular weight is 266 g/mol. The Bertz CT molecular complexity index is 382. The maximum absolute atomic E-state index is 11.8. The van der Waals surface area contributed by atoms with Crippen LogP contribution < -0.4 is 0 Å². The van der Waals surface area contributed by atoms with E-state index >= 15 is 0 Å². The van der Waals surface area contributed by atoms with Gasteiger partial charge in [0.25, 0.3) is 0 Å². The van der Waals surface area contributed by atoms with Crippen molar-refractivity contribution < 1.29 is 19.1 Å². The number of hydrogen-bond acceptors (Lipinski definition) is 4. The molecule has 4 heteroatoms. The van der Waals surface area contributed by atoms with Gasteiger partial charge in [0.2, 0.25) is 0 Å². The van der Waals surface area contributed by atoms with Gasteiger partial charge in [-0.2, -0.15) is 0 Å². The highest BCUT2D eigenvalue weighted by Crippen LogP contribution is 2.29. The van der Waals surface area contributed by atoms with Gasteiger partial charge >= 0.3 is 5.97 Å². The number of carbonyl (C=O) groups is 3. The number of carbonyl (C=O) groups excluding carboxylic acids is 3. The standard InChI is InChI=1S/C15H22O4/c1-3-4-5-6-11(15(18)19-2)9-13-12(10-16)7-8-14(13)17/h10-11H,3-9H2,1-2H3. The number of methoxy groups -OCH3 is 1. The van der Waals surface area contributed by atoms with Crippen LogP contribution in [0.5, 0.6) is 0 Å². The van der Waals surface area contributed by atoms with Crippen LogP contribution in [0.2, 0.25) is 0 Å². The van der Waals surface area contributed by atoms with Crippen LogP contribution in [0.4, 0.5) is 0 Å². The number of hydrogen-bond donors (Lipinski definition) is 0. The molecule has 0 aromatic carbocycles. The summed E-state index contributed by atoms with van der Waals surface area (Å²) in [6.07, 6.45) is 5.80. The fourth-order valence-electron chi connectivity index (χ4n) is 2.46. The lowest BCUT2D eigenvalue weighted by atomic mass is 9.92. The number of ether oxygens (including phenoxy) is 1. The molecule has 0 saturated carbocycles. The SMILES string of the molecule is CCCCCC(CC1=C(C=O)CCC1=O)C(=O)OC. The summed E-state index contributed by atoms with van der Waals surface area (Å²) in [6.45, 7) is 2.10. The maximum Gasteiger partial charge on any atom is 0.308 e. The largest absolute Gasteiger partial charge is 0.469 e. The predicted octanol–water partition coefficient (Wildman–Crippen LogP) is 2.60. The molecule has 1 rings (SSSR count). The molecule has 0 aliphatic heterocycles. The number of rotatable bonds is 8. The molecule has 0 N–H and O–H groups in total. The quantitative estimate of drug-likeness (QED) is 0.385. The molecule has 0 saturated heterocycles. The van der Waals surface area contributed by atoms with Crippen LogP contribution in [0.25, 0.3) is 0 Å². The van der Waals surface area contributed by atoms with Crippen LogP contribution >= 0.6 is 0 Å². The van der Waals surface area contributed by atoms with Crippen molar-refractivity contribution >= 4 is 18.0 Å². The van der Waals surface area contributed by atoms with E-state index in [1.807, 2.05) is 0 Å². The molecule has 19 heavy (non-hydrogen) atoms. The first kappa shape index (κ1) is 15.6. The number of ketones is 1. The lowest BCUT2D eigenvalue weighted by molar-refractivity contribution is -0.145. The molecule has 0 spiro atoms. The van der Waals surface area contributed by atoms with E-state index in [0.29, 0.717) is 36.8 Å². The summed E-state index contributed by atoms with van der Waals surface area (Å²) in [5, 5.41) is 0. The summed E-state index contributed by atoms with van der Waals surface area (Å²) in [5.41, 5.74) is 1.11. The van der Waals surface area contributed by atoms with Gasteiger partial charge in [0, 0.05) is 12.0 Å². The van der Waals surface area contributed by atoms with E-state index in [4.69, 9.17) is 4.74 Å². The molecule has 4 nitrogen and oxygen atoms in total. The van der Waals surface area contributed by atoms with Crippen molar-refractivity contribution in [2.45, 2.75) is 51.9 Å². The van der Waals surface area contributed by atoms with Gasteiger partial charge in [0.1, 0.15) is 6.29 Å². The van der Waals surface area contributed by atoms with Crippen LogP contribution in [0.3, 0.4) is 0 Å². The van der Waals surface area contributed by atoms with E-state index in [2.05, 4.69) is 6.92 Å². The number of allylic oxidation sites excluding steroid dienone is 2. The molecule has 0 fully saturated rings. The summed E-state index contributed by atoms with van der Waals surface area (Å²) in [4.78, 5) is 34.4. The van der Waals surface area contributed by atoms with E-state index < -0.39 is 0 Å². The molecular weight excluding hydrogens is 244 g/mol. The van der Waals surface area contributed by atoms with Crippen LogP contribution in [-0.4, -0.2) is 25.1 Å². The van der Waals surface area contributed by atoms with Crippen molar-refractivity contribution in [3.05, 3.63) is 11.1 Å². The summed E-state index contributed by atoms with van der Waals surface area (Å²) in [7, 11) is 1.36. The molecule has 0 aromatic heterocycles. The maximum atomic E-state index is 11.8. The topological polar surface area (TPSA) is 60.4 Å².